The predicted octanol–water partition coefficient (Wildman–Crippen LogP) is 6.00. The molecule has 0 bridgehead atoms. The number of carbonyl (C=O) groups excluding carboxylic acids is 1. The van der Waals surface area contributed by atoms with Gasteiger partial charge >= 0.3 is 0 Å². The Hall–Kier alpha value is -3.16. The van der Waals surface area contributed by atoms with E-state index in [0.29, 0.717) is 33.7 Å². The van der Waals surface area contributed by atoms with Crippen molar-refractivity contribution < 1.29 is 13.9 Å². The normalized spacial score (nSPS) is 10.7. The number of halogens is 1. The number of thioether (sulfide) groups is 1. The average molecular weight is 440 g/mol. The minimum atomic E-state index is -0.317. The third-order valence-electron chi connectivity index (χ3n) is 4.18. The minimum absolute atomic E-state index is 0.252. The molecule has 4 rings (SSSR count). The SMILES string of the molecule is Cn1ccnc1SCc1ccc(C(=O)Nc2ccc(Oc3ccccc3Cl)cc2)o1. The van der Waals surface area contributed by atoms with Gasteiger partial charge in [0, 0.05) is 25.1 Å². The second-order valence-corrected chi connectivity index (χ2v) is 7.74. The molecule has 1 amide bonds. The molecule has 0 aliphatic carbocycles. The van der Waals surface area contributed by atoms with E-state index in [-0.39, 0.29) is 11.7 Å². The highest BCUT2D eigenvalue weighted by Gasteiger charge is 2.13. The molecule has 2 heterocycles. The van der Waals surface area contributed by atoms with Gasteiger partial charge in [0.25, 0.3) is 5.91 Å². The maximum absolute atomic E-state index is 12.5. The molecular formula is C22H18ClN3O3S. The van der Waals surface area contributed by atoms with Crippen molar-refractivity contribution in [1.29, 1.82) is 0 Å². The number of hydrogen-bond acceptors (Lipinski definition) is 5. The lowest BCUT2D eigenvalue weighted by molar-refractivity contribution is 0.0995. The number of nitrogens with one attached hydrogen (secondary N) is 1. The topological polar surface area (TPSA) is 69.3 Å². The summed E-state index contributed by atoms with van der Waals surface area (Å²) in [7, 11) is 1.93. The lowest BCUT2D eigenvalue weighted by atomic mass is 10.3. The number of nitrogens with zero attached hydrogens (tertiary/aromatic N) is 2. The minimum Gasteiger partial charge on any atom is -0.456 e. The molecule has 2 aromatic carbocycles. The van der Waals surface area contributed by atoms with Gasteiger partial charge in [-0.25, -0.2) is 4.98 Å². The molecule has 30 heavy (non-hydrogen) atoms. The molecule has 0 saturated heterocycles. The van der Waals surface area contributed by atoms with E-state index < -0.39 is 0 Å². The molecule has 152 valence electrons. The van der Waals surface area contributed by atoms with E-state index in [0.717, 1.165) is 5.16 Å². The van der Waals surface area contributed by atoms with Gasteiger partial charge in [-0.2, -0.15) is 0 Å². The molecule has 0 saturated carbocycles. The van der Waals surface area contributed by atoms with Crippen LogP contribution in [0.1, 0.15) is 16.3 Å². The van der Waals surface area contributed by atoms with Crippen molar-refractivity contribution in [2.75, 3.05) is 5.32 Å². The molecule has 8 heteroatoms. The van der Waals surface area contributed by atoms with Crippen LogP contribution < -0.4 is 10.1 Å². The van der Waals surface area contributed by atoms with Crippen molar-refractivity contribution in [1.82, 2.24) is 9.55 Å². The first-order valence-corrected chi connectivity index (χ1v) is 10.5. The smallest absolute Gasteiger partial charge is 0.291 e. The van der Waals surface area contributed by atoms with E-state index in [2.05, 4.69) is 10.3 Å². The molecule has 0 unspecified atom stereocenters. The summed E-state index contributed by atoms with van der Waals surface area (Å²) in [6.07, 6.45) is 3.63. The van der Waals surface area contributed by atoms with Gasteiger partial charge in [-0.1, -0.05) is 35.5 Å². The van der Waals surface area contributed by atoms with Crippen LogP contribution in [-0.4, -0.2) is 15.5 Å². The van der Waals surface area contributed by atoms with Crippen LogP contribution in [0.5, 0.6) is 11.5 Å². The monoisotopic (exact) mass is 439 g/mol. The maximum atomic E-state index is 12.5. The maximum Gasteiger partial charge on any atom is 0.291 e. The molecule has 0 aliphatic heterocycles. The number of aryl methyl sites for hydroxylation is 1. The summed E-state index contributed by atoms with van der Waals surface area (Å²) < 4.78 is 13.3. The Balaban J connectivity index is 1.34. The Morgan fingerprint density at radius 2 is 1.97 bits per heavy atom. The quantitative estimate of drug-likeness (QED) is 0.357. The number of hydrogen-bond donors (Lipinski definition) is 1. The summed E-state index contributed by atoms with van der Waals surface area (Å²) in [5.41, 5.74) is 0.631. The number of imidazole rings is 1. The van der Waals surface area contributed by atoms with Gasteiger partial charge in [-0.3, -0.25) is 4.79 Å². The average Bonchev–Trinajstić information content (AvgIpc) is 3.38. The summed E-state index contributed by atoms with van der Waals surface area (Å²) in [6, 6.07) is 17.7. The Morgan fingerprint density at radius 3 is 2.70 bits per heavy atom. The zero-order chi connectivity index (χ0) is 20.9. The van der Waals surface area contributed by atoms with Crippen molar-refractivity contribution in [2.24, 2.45) is 7.05 Å². The Morgan fingerprint density at radius 1 is 1.17 bits per heavy atom. The fraction of sp³-hybridized carbons (Fsp3) is 0.0909. The number of rotatable bonds is 7. The van der Waals surface area contributed by atoms with Gasteiger partial charge in [0.1, 0.15) is 17.3 Å². The second kappa shape index (κ2) is 9.11. The fourth-order valence-electron chi connectivity index (χ4n) is 2.66. The van der Waals surface area contributed by atoms with E-state index in [9.17, 15) is 4.79 Å². The first-order valence-electron chi connectivity index (χ1n) is 9.11. The van der Waals surface area contributed by atoms with Crippen molar-refractivity contribution in [3.05, 3.63) is 89.6 Å². The summed E-state index contributed by atoms with van der Waals surface area (Å²) in [4.78, 5) is 16.7. The van der Waals surface area contributed by atoms with Gasteiger partial charge in [-0.15, -0.1) is 0 Å². The molecule has 4 aromatic rings. The number of amides is 1. The van der Waals surface area contributed by atoms with Gasteiger partial charge in [0.15, 0.2) is 10.9 Å². The molecule has 0 fully saturated rings. The van der Waals surface area contributed by atoms with Crippen LogP contribution in [0.15, 0.2) is 82.6 Å². The van der Waals surface area contributed by atoms with Gasteiger partial charge in [-0.05, 0) is 48.5 Å². The van der Waals surface area contributed by atoms with Crippen molar-refractivity contribution in [3.8, 4) is 11.5 Å². The summed E-state index contributed by atoms with van der Waals surface area (Å²) in [5, 5.41) is 4.23. The van der Waals surface area contributed by atoms with Crippen LogP contribution in [0.3, 0.4) is 0 Å². The lowest BCUT2D eigenvalue weighted by Crippen LogP contribution is -2.10. The molecule has 1 N–H and O–H groups in total. The largest absolute Gasteiger partial charge is 0.456 e. The number of carbonyl (C=O) groups is 1. The van der Waals surface area contributed by atoms with E-state index in [1.54, 1.807) is 66.5 Å². The third kappa shape index (κ3) is 4.87. The number of anilines is 1. The first-order chi connectivity index (χ1) is 14.6. The van der Waals surface area contributed by atoms with Crippen LogP contribution >= 0.6 is 23.4 Å². The molecule has 0 aliphatic rings. The van der Waals surface area contributed by atoms with Crippen molar-refractivity contribution >= 4 is 35.0 Å². The molecule has 2 aromatic heterocycles. The molecule has 0 radical (unpaired) electrons. The molecule has 0 spiro atoms. The fourth-order valence-corrected chi connectivity index (χ4v) is 3.66. The molecular weight excluding hydrogens is 422 g/mol. The van der Waals surface area contributed by atoms with E-state index >= 15 is 0 Å². The zero-order valence-electron chi connectivity index (χ0n) is 16.0. The third-order valence-corrected chi connectivity index (χ3v) is 5.58. The Kier molecular flexibility index (Phi) is 6.11. The van der Waals surface area contributed by atoms with Crippen LogP contribution in [0.4, 0.5) is 5.69 Å². The van der Waals surface area contributed by atoms with Crippen molar-refractivity contribution in [2.45, 2.75) is 10.9 Å². The zero-order valence-corrected chi connectivity index (χ0v) is 17.6. The summed E-state index contributed by atoms with van der Waals surface area (Å²) >= 11 is 7.65. The van der Waals surface area contributed by atoms with Crippen LogP contribution in [-0.2, 0) is 12.8 Å². The van der Waals surface area contributed by atoms with Crippen LogP contribution in [0, 0.1) is 0 Å². The van der Waals surface area contributed by atoms with Crippen LogP contribution in [0.2, 0.25) is 5.02 Å². The predicted molar refractivity (Wildman–Crippen MR) is 117 cm³/mol. The highest BCUT2D eigenvalue weighted by atomic mass is 35.5. The van der Waals surface area contributed by atoms with E-state index in [4.69, 9.17) is 20.8 Å². The highest BCUT2D eigenvalue weighted by Crippen LogP contribution is 2.29. The van der Waals surface area contributed by atoms with E-state index in [1.165, 1.54) is 0 Å². The molecule has 0 atom stereocenters. The number of benzene rings is 2. The lowest BCUT2D eigenvalue weighted by Gasteiger charge is -2.08. The summed E-state index contributed by atoms with van der Waals surface area (Å²) in [6.45, 7) is 0. The first kappa shape index (κ1) is 20.1. The van der Waals surface area contributed by atoms with Gasteiger partial charge in [0.2, 0.25) is 0 Å². The van der Waals surface area contributed by atoms with Gasteiger partial charge in [0.05, 0.1) is 10.8 Å². The number of furan rings is 1. The van der Waals surface area contributed by atoms with Gasteiger partial charge < -0.3 is 19.0 Å². The highest BCUT2D eigenvalue weighted by molar-refractivity contribution is 7.98. The summed E-state index contributed by atoms with van der Waals surface area (Å²) in [5.74, 6) is 2.42. The van der Waals surface area contributed by atoms with E-state index in [1.807, 2.05) is 29.9 Å². The number of ether oxygens (including phenoxy) is 1. The van der Waals surface area contributed by atoms with Crippen molar-refractivity contribution in [3.63, 3.8) is 0 Å². The Bertz CT molecular complexity index is 1150. The van der Waals surface area contributed by atoms with Crippen LogP contribution in [0.25, 0.3) is 0 Å². The Labute approximate surface area is 182 Å². The number of para-hydroxylation sites is 1. The molecule has 6 nitrogen and oxygen atoms in total. The second-order valence-electron chi connectivity index (χ2n) is 6.39. The number of aromatic nitrogens is 2. The standard InChI is InChI=1S/C22H18ClN3O3S/c1-26-13-12-24-22(26)30-14-17-10-11-20(29-17)21(27)25-15-6-8-16(9-7-15)28-19-5-3-2-4-18(19)23/h2-13H,14H2,1H3,(H,25,27).